The summed E-state index contributed by atoms with van der Waals surface area (Å²) in [4.78, 5) is 25.5. The van der Waals surface area contributed by atoms with Crippen molar-refractivity contribution < 1.29 is 18.7 Å². The lowest BCUT2D eigenvalue weighted by Gasteiger charge is -2.31. The van der Waals surface area contributed by atoms with E-state index in [1.165, 1.54) is 19.2 Å². The van der Waals surface area contributed by atoms with Gasteiger partial charge in [0.2, 0.25) is 0 Å². The molecule has 1 aliphatic rings. The molecule has 1 fully saturated rings. The Morgan fingerprint density at radius 3 is 2.75 bits per heavy atom. The van der Waals surface area contributed by atoms with Crippen LogP contribution >= 0.6 is 0 Å². The zero-order valence-corrected chi connectivity index (χ0v) is 11.7. The number of benzene rings is 1. The van der Waals surface area contributed by atoms with Crippen LogP contribution in [0.15, 0.2) is 18.2 Å². The number of aryl methyl sites for hydroxylation is 1. The standard InChI is InChI=1S/C15H18FNO3/c1-10-6-12(8-13(16)7-10)14(18)17-5-3-4-11(9-17)15(19)20-2/h6-8,11H,3-5,9H2,1-2H3/t11-/m0/s1. The van der Waals surface area contributed by atoms with Crippen LogP contribution in [0.4, 0.5) is 4.39 Å². The van der Waals surface area contributed by atoms with E-state index >= 15 is 0 Å². The molecular weight excluding hydrogens is 261 g/mol. The van der Waals surface area contributed by atoms with Crippen LogP contribution in [0.3, 0.4) is 0 Å². The summed E-state index contributed by atoms with van der Waals surface area (Å²) in [6.07, 6.45) is 1.47. The number of hydrogen-bond donors (Lipinski definition) is 0. The Bertz CT molecular complexity index is 510. The highest BCUT2D eigenvalue weighted by Crippen LogP contribution is 2.20. The molecule has 0 aliphatic carbocycles. The fourth-order valence-electron chi connectivity index (χ4n) is 2.56. The van der Waals surface area contributed by atoms with Crippen LogP contribution in [0.5, 0.6) is 0 Å². The van der Waals surface area contributed by atoms with E-state index in [2.05, 4.69) is 0 Å². The molecule has 1 heterocycles. The van der Waals surface area contributed by atoms with Gasteiger partial charge in [-0.25, -0.2) is 4.39 Å². The summed E-state index contributed by atoms with van der Waals surface area (Å²) >= 11 is 0. The molecule has 0 radical (unpaired) electrons. The number of carbonyl (C=O) groups excluding carboxylic acids is 2. The molecule has 0 spiro atoms. The summed E-state index contributed by atoms with van der Waals surface area (Å²) in [5, 5.41) is 0. The van der Waals surface area contributed by atoms with Crippen LogP contribution in [-0.4, -0.2) is 37.0 Å². The molecule has 1 aromatic rings. The van der Waals surface area contributed by atoms with Crippen molar-refractivity contribution in [3.05, 3.63) is 35.1 Å². The van der Waals surface area contributed by atoms with Gasteiger partial charge in [0, 0.05) is 18.7 Å². The number of rotatable bonds is 2. The molecule has 5 heteroatoms. The molecule has 20 heavy (non-hydrogen) atoms. The van der Waals surface area contributed by atoms with Crippen LogP contribution in [-0.2, 0) is 9.53 Å². The second-order valence-electron chi connectivity index (χ2n) is 5.13. The summed E-state index contributed by atoms with van der Waals surface area (Å²) in [5.41, 5.74) is 1.03. The molecule has 1 aromatic carbocycles. The van der Waals surface area contributed by atoms with E-state index in [1.54, 1.807) is 17.9 Å². The maximum Gasteiger partial charge on any atom is 0.310 e. The average Bonchev–Trinajstić information content (AvgIpc) is 2.44. The van der Waals surface area contributed by atoms with Crippen LogP contribution in [0.2, 0.25) is 0 Å². The number of likely N-dealkylation sites (tertiary alicyclic amines) is 1. The van der Waals surface area contributed by atoms with Crippen LogP contribution in [0, 0.1) is 18.7 Å². The second kappa shape index (κ2) is 6.03. The molecule has 0 bridgehead atoms. The Hall–Kier alpha value is -1.91. The molecule has 108 valence electrons. The number of carbonyl (C=O) groups is 2. The van der Waals surface area contributed by atoms with Gasteiger partial charge in [0.05, 0.1) is 13.0 Å². The van der Waals surface area contributed by atoms with E-state index < -0.39 is 5.82 Å². The topological polar surface area (TPSA) is 46.6 Å². The number of esters is 1. The van der Waals surface area contributed by atoms with Crippen LogP contribution in [0.25, 0.3) is 0 Å². The Labute approximate surface area is 117 Å². The minimum Gasteiger partial charge on any atom is -0.469 e. The van der Waals surface area contributed by atoms with Crippen LogP contribution < -0.4 is 0 Å². The quantitative estimate of drug-likeness (QED) is 0.779. The second-order valence-corrected chi connectivity index (χ2v) is 5.13. The number of ether oxygens (including phenoxy) is 1. The van der Waals surface area contributed by atoms with Crippen molar-refractivity contribution in [2.24, 2.45) is 5.92 Å². The molecule has 1 saturated heterocycles. The molecule has 0 saturated carbocycles. The molecule has 1 amide bonds. The van der Waals surface area contributed by atoms with Gasteiger partial charge in [-0.05, 0) is 43.5 Å². The van der Waals surface area contributed by atoms with Gasteiger partial charge in [-0.15, -0.1) is 0 Å². The Balaban J connectivity index is 2.14. The number of hydrogen-bond acceptors (Lipinski definition) is 3. The fourth-order valence-corrected chi connectivity index (χ4v) is 2.56. The summed E-state index contributed by atoms with van der Waals surface area (Å²) in [6, 6.07) is 4.27. The van der Waals surface area contributed by atoms with E-state index in [0.29, 0.717) is 24.2 Å². The molecule has 1 aliphatic heterocycles. The minimum atomic E-state index is -0.421. The highest BCUT2D eigenvalue weighted by molar-refractivity contribution is 5.94. The predicted octanol–water partition coefficient (Wildman–Crippen LogP) is 2.16. The van der Waals surface area contributed by atoms with E-state index in [1.807, 2.05) is 0 Å². The van der Waals surface area contributed by atoms with Gasteiger partial charge in [-0.3, -0.25) is 9.59 Å². The Morgan fingerprint density at radius 2 is 2.10 bits per heavy atom. The molecule has 0 unspecified atom stereocenters. The number of amides is 1. The molecular formula is C15H18FNO3. The van der Waals surface area contributed by atoms with Crippen molar-refractivity contribution in [1.29, 1.82) is 0 Å². The first-order valence-corrected chi connectivity index (χ1v) is 6.65. The van der Waals surface area contributed by atoms with Gasteiger partial charge in [-0.1, -0.05) is 0 Å². The summed E-state index contributed by atoms with van der Waals surface area (Å²) in [5.74, 6) is -1.23. The number of halogens is 1. The Kier molecular flexibility index (Phi) is 4.37. The Morgan fingerprint density at radius 1 is 1.35 bits per heavy atom. The molecule has 0 N–H and O–H groups in total. The van der Waals surface area contributed by atoms with E-state index in [-0.39, 0.29) is 17.8 Å². The largest absolute Gasteiger partial charge is 0.469 e. The molecule has 4 nitrogen and oxygen atoms in total. The average molecular weight is 279 g/mol. The number of methoxy groups -OCH3 is 1. The van der Waals surface area contributed by atoms with Gasteiger partial charge in [0.1, 0.15) is 5.82 Å². The molecule has 0 aromatic heterocycles. The lowest BCUT2D eigenvalue weighted by Crippen LogP contribution is -2.42. The van der Waals surface area contributed by atoms with E-state index in [0.717, 1.165) is 12.8 Å². The third-order valence-electron chi connectivity index (χ3n) is 3.53. The fraction of sp³-hybridized carbons (Fsp3) is 0.467. The highest BCUT2D eigenvalue weighted by Gasteiger charge is 2.29. The smallest absolute Gasteiger partial charge is 0.310 e. The zero-order valence-electron chi connectivity index (χ0n) is 11.7. The number of piperidine rings is 1. The summed E-state index contributed by atoms with van der Waals surface area (Å²) in [7, 11) is 1.35. The third kappa shape index (κ3) is 3.15. The van der Waals surface area contributed by atoms with E-state index in [4.69, 9.17) is 4.74 Å². The molecule has 2 rings (SSSR count). The predicted molar refractivity (Wildman–Crippen MR) is 71.8 cm³/mol. The van der Waals surface area contributed by atoms with Crippen molar-refractivity contribution in [3.8, 4) is 0 Å². The lowest BCUT2D eigenvalue weighted by molar-refractivity contribution is -0.146. The van der Waals surface area contributed by atoms with Crippen molar-refractivity contribution in [2.75, 3.05) is 20.2 Å². The lowest BCUT2D eigenvalue weighted by atomic mass is 9.97. The van der Waals surface area contributed by atoms with Crippen molar-refractivity contribution >= 4 is 11.9 Å². The maximum absolute atomic E-state index is 13.4. The number of nitrogens with zero attached hydrogens (tertiary/aromatic N) is 1. The van der Waals surface area contributed by atoms with Crippen molar-refractivity contribution in [2.45, 2.75) is 19.8 Å². The van der Waals surface area contributed by atoms with E-state index in [9.17, 15) is 14.0 Å². The minimum absolute atomic E-state index is 0.235. The third-order valence-corrected chi connectivity index (χ3v) is 3.53. The first kappa shape index (κ1) is 14.5. The normalized spacial score (nSPS) is 18.8. The van der Waals surface area contributed by atoms with Crippen molar-refractivity contribution in [1.82, 2.24) is 4.90 Å². The molecule has 1 atom stereocenters. The van der Waals surface area contributed by atoms with Gasteiger partial charge < -0.3 is 9.64 Å². The first-order valence-electron chi connectivity index (χ1n) is 6.65. The SMILES string of the molecule is COC(=O)[C@H]1CCCN(C(=O)c2cc(C)cc(F)c2)C1. The monoisotopic (exact) mass is 279 g/mol. The van der Waals surface area contributed by atoms with Gasteiger partial charge in [0.25, 0.3) is 5.91 Å². The van der Waals surface area contributed by atoms with Gasteiger partial charge in [0.15, 0.2) is 0 Å². The summed E-state index contributed by atoms with van der Waals surface area (Å²) in [6.45, 7) is 2.66. The first-order chi connectivity index (χ1) is 9.51. The highest BCUT2D eigenvalue weighted by atomic mass is 19.1. The summed E-state index contributed by atoms with van der Waals surface area (Å²) < 4.78 is 18.1. The van der Waals surface area contributed by atoms with Gasteiger partial charge in [-0.2, -0.15) is 0 Å². The van der Waals surface area contributed by atoms with Crippen LogP contribution in [0.1, 0.15) is 28.8 Å². The zero-order chi connectivity index (χ0) is 14.7. The van der Waals surface area contributed by atoms with Gasteiger partial charge >= 0.3 is 5.97 Å². The van der Waals surface area contributed by atoms with Crippen molar-refractivity contribution in [3.63, 3.8) is 0 Å². The maximum atomic E-state index is 13.4.